The summed E-state index contributed by atoms with van der Waals surface area (Å²) >= 11 is 1.40. The van der Waals surface area contributed by atoms with E-state index in [9.17, 15) is 19.5 Å². The van der Waals surface area contributed by atoms with Crippen molar-refractivity contribution in [2.75, 3.05) is 0 Å². The van der Waals surface area contributed by atoms with Crippen LogP contribution in [0.3, 0.4) is 0 Å². The van der Waals surface area contributed by atoms with E-state index in [2.05, 4.69) is 10.9 Å². The minimum absolute atomic E-state index is 0.0660. The third kappa shape index (κ3) is 2.84. The third-order valence-corrected chi connectivity index (χ3v) is 6.29. The molecule has 3 N–H and O–H groups in total. The number of nitrogens with one attached hydrogen (secondary N) is 2. The summed E-state index contributed by atoms with van der Waals surface area (Å²) in [6.07, 6.45) is 5.33. The number of amides is 2. The van der Waals surface area contributed by atoms with Crippen molar-refractivity contribution in [2.24, 2.45) is 23.7 Å². The zero-order chi connectivity index (χ0) is 17.4. The molecular weight excluding hydrogens is 328 g/mol. The second-order valence-electron chi connectivity index (χ2n) is 6.35. The molecule has 0 aliphatic heterocycles. The molecule has 6 nitrogen and oxygen atoms in total. The van der Waals surface area contributed by atoms with E-state index in [0.717, 1.165) is 16.9 Å². The van der Waals surface area contributed by atoms with Crippen molar-refractivity contribution in [1.82, 2.24) is 10.9 Å². The van der Waals surface area contributed by atoms with Crippen LogP contribution in [-0.2, 0) is 16.0 Å². The normalized spacial score (nSPS) is 27.2. The summed E-state index contributed by atoms with van der Waals surface area (Å²) in [6.45, 7) is 3.97. The quantitative estimate of drug-likeness (QED) is 0.572. The van der Waals surface area contributed by atoms with Crippen LogP contribution in [0, 0.1) is 30.6 Å². The number of aryl methyl sites for hydroxylation is 2. The number of carbonyl (C=O) groups is 3. The highest BCUT2D eigenvalue weighted by molar-refractivity contribution is 7.14. The predicted molar refractivity (Wildman–Crippen MR) is 89.4 cm³/mol. The Hall–Kier alpha value is -2.15. The highest BCUT2D eigenvalue weighted by Gasteiger charge is 2.51. The van der Waals surface area contributed by atoms with E-state index in [0.29, 0.717) is 11.3 Å². The fourth-order valence-corrected chi connectivity index (χ4v) is 4.77. The molecule has 1 aromatic rings. The van der Waals surface area contributed by atoms with E-state index in [1.807, 2.05) is 26.0 Å². The maximum absolute atomic E-state index is 12.4. The van der Waals surface area contributed by atoms with Crippen molar-refractivity contribution in [3.8, 4) is 0 Å². The molecule has 3 rings (SSSR count). The lowest BCUT2D eigenvalue weighted by atomic mass is 9.82. The maximum atomic E-state index is 12.4. The van der Waals surface area contributed by atoms with Crippen molar-refractivity contribution in [3.05, 3.63) is 33.5 Å². The highest BCUT2D eigenvalue weighted by Crippen LogP contribution is 2.48. The summed E-state index contributed by atoms with van der Waals surface area (Å²) in [5, 5.41) is 9.37. The molecule has 0 aromatic carbocycles. The zero-order valence-corrected chi connectivity index (χ0v) is 14.4. The minimum Gasteiger partial charge on any atom is -0.481 e. The zero-order valence-electron chi connectivity index (χ0n) is 13.5. The summed E-state index contributed by atoms with van der Waals surface area (Å²) in [7, 11) is 0. The largest absolute Gasteiger partial charge is 0.481 e. The first-order valence-corrected chi connectivity index (χ1v) is 8.84. The average molecular weight is 348 g/mol. The smallest absolute Gasteiger partial charge is 0.307 e. The molecule has 7 heteroatoms. The monoisotopic (exact) mass is 348 g/mol. The SMILES string of the molecule is CCc1sc(C(=O)NNC(=O)[C@@H]2[C@H](C(=O)O)[C@H]3C=C[C@H]2C3)cc1C. The molecule has 1 fully saturated rings. The van der Waals surface area contributed by atoms with Crippen LogP contribution in [0.5, 0.6) is 0 Å². The standard InChI is InChI=1S/C17H20N2O4S/c1-3-11-8(2)6-12(24-11)15(20)18-19-16(21)13-9-4-5-10(7-9)14(13)17(22)23/h4-6,9-10,13-14H,3,7H2,1-2H3,(H,18,20)(H,19,21)(H,22,23)/t9-,10-,13-,14+/m0/s1. The molecule has 4 atom stereocenters. The summed E-state index contributed by atoms with van der Waals surface area (Å²) in [5.41, 5.74) is 5.88. The molecule has 1 saturated carbocycles. The molecule has 128 valence electrons. The summed E-state index contributed by atoms with van der Waals surface area (Å²) in [4.78, 5) is 37.7. The first-order valence-electron chi connectivity index (χ1n) is 8.03. The average Bonchev–Trinajstić information content (AvgIpc) is 3.25. The molecule has 0 saturated heterocycles. The third-order valence-electron chi connectivity index (χ3n) is 4.91. The van der Waals surface area contributed by atoms with E-state index in [1.54, 1.807) is 6.07 Å². The second kappa shape index (κ2) is 6.39. The number of thiophene rings is 1. The fraction of sp³-hybridized carbons (Fsp3) is 0.471. The molecule has 24 heavy (non-hydrogen) atoms. The minimum atomic E-state index is -0.959. The Balaban J connectivity index is 1.64. The first kappa shape index (κ1) is 16.7. The molecule has 1 aromatic heterocycles. The molecule has 2 aliphatic carbocycles. The highest BCUT2D eigenvalue weighted by atomic mass is 32.1. The van der Waals surface area contributed by atoms with Crippen LogP contribution in [0.25, 0.3) is 0 Å². The predicted octanol–water partition coefficient (Wildman–Crippen LogP) is 1.90. The van der Waals surface area contributed by atoms with Gasteiger partial charge in [0, 0.05) is 4.88 Å². The van der Waals surface area contributed by atoms with E-state index < -0.39 is 23.7 Å². The topological polar surface area (TPSA) is 95.5 Å². The number of carboxylic acid groups (broad SMARTS) is 1. The lowest BCUT2D eigenvalue weighted by molar-refractivity contribution is -0.148. The van der Waals surface area contributed by atoms with Gasteiger partial charge in [0.1, 0.15) is 0 Å². The Morgan fingerprint density at radius 2 is 1.88 bits per heavy atom. The summed E-state index contributed by atoms with van der Waals surface area (Å²) in [5.74, 6) is -3.27. The number of allylic oxidation sites excluding steroid dienone is 2. The lowest BCUT2D eigenvalue weighted by Gasteiger charge is -2.23. The van der Waals surface area contributed by atoms with Gasteiger partial charge in [-0.1, -0.05) is 19.1 Å². The van der Waals surface area contributed by atoms with Crippen LogP contribution >= 0.6 is 11.3 Å². The maximum Gasteiger partial charge on any atom is 0.307 e. The lowest BCUT2D eigenvalue weighted by Crippen LogP contribution is -2.48. The van der Waals surface area contributed by atoms with E-state index in [4.69, 9.17) is 0 Å². The Morgan fingerprint density at radius 3 is 2.46 bits per heavy atom. The van der Waals surface area contributed by atoms with Crippen LogP contribution in [0.15, 0.2) is 18.2 Å². The molecule has 1 heterocycles. The number of aliphatic carboxylic acids is 1. The molecular formula is C17H20N2O4S. The fourth-order valence-electron chi connectivity index (χ4n) is 3.76. The number of hydrogen-bond donors (Lipinski definition) is 3. The Bertz CT molecular complexity index is 724. The molecule has 2 bridgehead atoms. The van der Waals surface area contributed by atoms with Gasteiger partial charge in [0.05, 0.1) is 16.7 Å². The van der Waals surface area contributed by atoms with Crippen LogP contribution < -0.4 is 10.9 Å². The van der Waals surface area contributed by atoms with E-state index in [1.165, 1.54) is 11.3 Å². The van der Waals surface area contributed by atoms with Crippen LogP contribution in [0.4, 0.5) is 0 Å². The van der Waals surface area contributed by atoms with Crippen molar-refractivity contribution < 1.29 is 19.5 Å². The summed E-state index contributed by atoms with van der Waals surface area (Å²) < 4.78 is 0. The number of fused-ring (bicyclic) bond motifs is 2. The first-order chi connectivity index (χ1) is 11.4. The van der Waals surface area contributed by atoms with Crippen molar-refractivity contribution in [3.63, 3.8) is 0 Å². The second-order valence-corrected chi connectivity index (χ2v) is 7.49. The Kier molecular flexibility index (Phi) is 4.45. The van der Waals surface area contributed by atoms with Gasteiger partial charge < -0.3 is 5.11 Å². The van der Waals surface area contributed by atoms with Crippen molar-refractivity contribution in [2.45, 2.75) is 26.7 Å². The van der Waals surface area contributed by atoms with Gasteiger partial charge in [0.2, 0.25) is 5.91 Å². The van der Waals surface area contributed by atoms with Gasteiger partial charge >= 0.3 is 5.97 Å². The molecule has 0 radical (unpaired) electrons. The molecule has 2 amide bonds. The Morgan fingerprint density at radius 1 is 1.21 bits per heavy atom. The van der Waals surface area contributed by atoms with Crippen molar-refractivity contribution in [1.29, 1.82) is 0 Å². The van der Waals surface area contributed by atoms with Gasteiger partial charge in [0.25, 0.3) is 5.91 Å². The number of rotatable bonds is 4. The number of carboxylic acids is 1. The van der Waals surface area contributed by atoms with Gasteiger partial charge in [0.15, 0.2) is 0 Å². The molecule has 2 aliphatic rings. The van der Waals surface area contributed by atoms with E-state index in [-0.39, 0.29) is 17.7 Å². The van der Waals surface area contributed by atoms with Crippen molar-refractivity contribution >= 4 is 29.1 Å². The van der Waals surface area contributed by atoms with Crippen LogP contribution in [-0.4, -0.2) is 22.9 Å². The van der Waals surface area contributed by atoms with Gasteiger partial charge in [-0.05, 0) is 43.2 Å². The van der Waals surface area contributed by atoms with Gasteiger partial charge in [-0.25, -0.2) is 0 Å². The molecule has 0 spiro atoms. The summed E-state index contributed by atoms with van der Waals surface area (Å²) in [6, 6.07) is 1.80. The van der Waals surface area contributed by atoms with Gasteiger partial charge in [-0.15, -0.1) is 11.3 Å². The van der Waals surface area contributed by atoms with E-state index >= 15 is 0 Å². The number of hydrazine groups is 1. The molecule has 0 unspecified atom stereocenters. The van der Waals surface area contributed by atoms with Crippen LogP contribution in [0.2, 0.25) is 0 Å². The number of carbonyl (C=O) groups excluding carboxylic acids is 2. The van der Waals surface area contributed by atoms with Gasteiger partial charge in [-0.2, -0.15) is 0 Å². The van der Waals surface area contributed by atoms with Crippen LogP contribution in [0.1, 0.15) is 33.5 Å². The number of hydrogen-bond acceptors (Lipinski definition) is 4. The van der Waals surface area contributed by atoms with Gasteiger partial charge in [-0.3, -0.25) is 25.2 Å². The Labute approximate surface area is 143 Å².